The maximum Gasteiger partial charge on any atom is 0.211 e. The maximum atomic E-state index is 11.3. The summed E-state index contributed by atoms with van der Waals surface area (Å²) in [6.45, 7) is 6.35. The largest absolute Gasteiger partial charge is 0.215 e. The van der Waals surface area contributed by atoms with Crippen LogP contribution < -0.4 is 4.72 Å². The van der Waals surface area contributed by atoms with Crippen LogP contribution in [0.15, 0.2) is 0 Å². The summed E-state index contributed by atoms with van der Waals surface area (Å²) < 4.78 is 25.2. The lowest BCUT2D eigenvalue weighted by atomic mass is 9.85. The third-order valence-electron chi connectivity index (χ3n) is 2.83. The third-order valence-corrected chi connectivity index (χ3v) is 5.36. The summed E-state index contributed by atoms with van der Waals surface area (Å²) >= 11 is 3.45. The predicted molar refractivity (Wildman–Crippen MR) is 64.3 cm³/mol. The summed E-state index contributed by atoms with van der Waals surface area (Å²) in [5, 5.41) is 0.833. The second kappa shape index (κ2) is 6.08. The first-order valence-corrected chi connectivity index (χ1v) is 7.76. The van der Waals surface area contributed by atoms with E-state index in [1.165, 1.54) is 0 Å². The molecule has 0 atom stereocenters. The van der Waals surface area contributed by atoms with Gasteiger partial charge in [-0.25, -0.2) is 13.1 Å². The van der Waals surface area contributed by atoms with E-state index in [1.807, 2.05) is 0 Å². The molecule has 14 heavy (non-hydrogen) atoms. The number of hydrogen-bond acceptors (Lipinski definition) is 2. The smallest absolute Gasteiger partial charge is 0.211 e. The van der Waals surface area contributed by atoms with Crippen molar-refractivity contribution in [2.45, 2.75) is 33.6 Å². The fraction of sp³-hybridized carbons (Fsp3) is 1.00. The molecule has 86 valence electrons. The Morgan fingerprint density at radius 3 is 2.00 bits per heavy atom. The van der Waals surface area contributed by atoms with Crippen LogP contribution in [0.1, 0.15) is 33.6 Å². The molecule has 3 nitrogen and oxygen atoms in total. The van der Waals surface area contributed by atoms with Crippen molar-refractivity contribution in [1.82, 2.24) is 4.72 Å². The zero-order valence-corrected chi connectivity index (χ0v) is 11.5. The van der Waals surface area contributed by atoms with Crippen molar-refractivity contribution in [2.24, 2.45) is 5.41 Å². The molecule has 0 aromatic carbocycles. The van der Waals surface area contributed by atoms with Crippen LogP contribution in [-0.2, 0) is 10.0 Å². The van der Waals surface area contributed by atoms with Gasteiger partial charge in [0.25, 0.3) is 0 Å². The fourth-order valence-corrected chi connectivity index (χ4v) is 2.82. The van der Waals surface area contributed by atoms with E-state index in [2.05, 4.69) is 34.5 Å². The molecule has 0 saturated carbocycles. The van der Waals surface area contributed by atoms with Crippen molar-refractivity contribution in [2.75, 3.05) is 17.6 Å². The predicted octanol–water partition coefficient (Wildman–Crippen LogP) is 2.13. The van der Waals surface area contributed by atoms with E-state index in [4.69, 9.17) is 0 Å². The van der Waals surface area contributed by atoms with E-state index in [9.17, 15) is 8.42 Å². The number of halogens is 1. The number of hydrogen-bond donors (Lipinski definition) is 1. The van der Waals surface area contributed by atoms with E-state index in [0.717, 1.165) is 18.2 Å². The third kappa shape index (κ3) is 4.28. The minimum absolute atomic E-state index is 0.0578. The molecule has 0 aliphatic rings. The average Bonchev–Trinajstić information content (AvgIpc) is 2.21. The molecule has 0 aromatic heterocycles. The van der Waals surface area contributed by atoms with Crippen LogP contribution in [0.25, 0.3) is 0 Å². The number of sulfonamides is 1. The van der Waals surface area contributed by atoms with Gasteiger partial charge in [-0.15, -0.1) is 0 Å². The monoisotopic (exact) mass is 285 g/mol. The number of nitrogens with one attached hydrogen (secondary N) is 1. The molecule has 0 rings (SSSR count). The van der Waals surface area contributed by atoms with Crippen molar-refractivity contribution in [3.63, 3.8) is 0 Å². The minimum atomic E-state index is -3.05. The lowest BCUT2D eigenvalue weighted by Crippen LogP contribution is -2.38. The van der Waals surface area contributed by atoms with Crippen LogP contribution in [0.2, 0.25) is 0 Å². The van der Waals surface area contributed by atoms with Crippen LogP contribution in [0.3, 0.4) is 0 Å². The summed E-state index contributed by atoms with van der Waals surface area (Å²) in [4.78, 5) is 0. The van der Waals surface area contributed by atoms with Gasteiger partial charge in [0.15, 0.2) is 0 Å². The van der Waals surface area contributed by atoms with Gasteiger partial charge in [-0.2, -0.15) is 0 Å². The second-order valence-corrected chi connectivity index (χ2v) is 6.22. The summed E-state index contributed by atoms with van der Waals surface area (Å²) in [5.74, 6) is 0.152. The van der Waals surface area contributed by atoms with Crippen LogP contribution in [-0.4, -0.2) is 26.0 Å². The quantitative estimate of drug-likeness (QED) is 0.729. The Bertz CT molecular complexity index is 239. The number of rotatable bonds is 7. The number of alkyl halides is 1. The zero-order chi connectivity index (χ0) is 11.2. The SMILES string of the molecule is CCC(CC)(CBr)CNS(=O)(=O)CC. The van der Waals surface area contributed by atoms with Gasteiger partial charge < -0.3 is 0 Å². The van der Waals surface area contributed by atoms with Gasteiger partial charge in [-0.3, -0.25) is 0 Å². The molecular weight excluding hydrogens is 266 g/mol. The summed E-state index contributed by atoms with van der Waals surface area (Å²) in [6, 6.07) is 0. The van der Waals surface area contributed by atoms with E-state index in [1.54, 1.807) is 6.92 Å². The van der Waals surface area contributed by atoms with Crippen molar-refractivity contribution in [3.05, 3.63) is 0 Å². The molecule has 0 fully saturated rings. The Labute approximate surface area is 95.8 Å². The standard InChI is InChI=1S/C9H20BrNO2S/c1-4-9(5-2,7-10)8-11-14(12,13)6-3/h11H,4-8H2,1-3H3. The first-order valence-electron chi connectivity index (χ1n) is 4.98. The maximum absolute atomic E-state index is 11.3. The lowest BCUT2D eigenvalue weighted by molar-refractivity contribution is 0.310. The Morgan fingerprint density at radius 2 is 1.71 bits per heavy atom. The van der Waals surface area contributed by atoms with Crippen LogP contribution in [0.4, 0.5) is 0 Å². The highest BCUT2D eigenvalue weighted by molar-refractivity contribution is 9.09. The first kappa shape index (κ1) is 14.4. The van der Waals surface area contributed by atoms with Gasteiger partial charge in [0.2, 0.25) is 10.0 Å². The first-order chi connectivity index (χ1) is 6.45. The molecule has 0 saturated heterocycles. The van der Waals surface area contributed by atoms with Crippen molar-refractivity contribution in [1.29, 1.82) is 0 Å². The minimum Gasteiger partial charge on any atom is -0.215 e. The molecule has 1 N–H and O–H groups in total. The normalized spacial score (nSPS) is 13.1. The Morgan fingerprint density at radius 1 is 1.21 bits per heavy atom. The second-order valence-electron chi connectivity index (χ2n) is 3.57. The lowest BCUT2D eigenvalue weighted by Gasteiger charge is -2.29. The molecule has 0 unspecified atom stereocenters. The fourth-order valence-electron chi connectivity index (χ4n) is 1.10. The highest BCUT2D eigenvalue weighted by atomic mass is 79.9. The zero-order valence-electron chi connectivity index (χ0n) is 9.14. The molecule has 0 aromatic rings. The van der Waals surface area contributed by atoms with Crippen molar-refractivity contribution < 1.29 is 8.42 Å². The summed E-state index contributed by atoms with van der Waals surface area (Å²) in [5.41, 5.74) is 0.0578. The molecule has 0 heterocycles. The van der Waals surface area contributed by atoms with E-state index in [0.29, 0.717) is 6.54 Å². The van der Waals surface area contributed by atoms with Gasteiger partial charge >= 0.3 is 0 Å². The van der Waals surface area contributed by atoms with E-state index in [-0.39, 0.29) is 11.2 Å². The van der Waals surface area contributed by atoms with Gasteiger partial charge in [0, 0.05) is 11.9 Å². The van der Waals surface area contributed by atoms with Crippen LogP contribution >= 0.6 is 15.9 Å². The van der Waals surface area contributed by atoms with Crippen LogP contribution in [0, 0.1) is 5.41 Å². The Balaban J connectivity index is 4.34. The molecule has 5 heteroatoms. The molecule has 0 amide bonds. The van der Waals surface area contributed by atoms with E-state index >= 15 is 0 Å². The van der Waals surface area contributed by atoms with Crippen molar-refractivity contribution >= 4 is 26.0 Å². The molecule has 0 spiro atoms. The molecular formula is C9H20BrNO2S. The topological polar surface area (TPSA) is 46.2 Å². The van der Waals surface area contributed by atoms with E-state index < -0.39 is 10.0 Å². The molecule has 0 aliphatic carbocycles. The molecule has 0 aliphatic heterocycles. The summed E-state index contributed by atoms with van der Waals surface area (Å²) in [6.07, 6.45) is 1.95. The summed E-state index contributed by atoms with van der Waals surface area (Å²) in [7, 11) is -3.05. The highest BCUT2D eigenvalue weighted by Gasteiger charge is 2.26. The van der Waals surface area contributed by atoms with Gasteiger partial charge in [-0.1, -0.05) is 29.8 Å². The molecule has 0 radical (unpaired) electrons. The average molecular weight is 286 g/mol. The van der Waals surface area contributed by atoms with Gasteiger partial charge in [0.1, 0.15) is 0 Å². The Hall–Kier alpha value is 0.390. The Kier molecular flexibility index (Phi) is 6.25. The molecule has 0 bridgehead atoms. The van der Waals surface area contributed by atoms with Crippen molar-refractivity contribution in [3.8, 4) is 0 Å². The van der Waals surface area contributed by atoms with Gasteiger partial charge in [0.05, 0.1) is 5.75 Å². The van der Waals surface area contributed by atoms with Crippen LogP contribution in [0.5, 0.6) is 0 Å². The van der Waals surface area contributed by atoms with Gasteiger partial charge in [-0.05, 0) is 25.2 Å². The highest BCUT2D eigenvalue weighted by Crippen LogP contribution is 2.27.